The first-order valence-corrected chi connectivity index (χ1v) is 9.65. The van der Waals surface area contributed by atoms with E-state index in [1.54, 1.807) is 6.07 Å². The van der Waals surface area contributed by atoms with Gasteiger partial charge < -0.3 is 20.4 Å². The van der Waals surface area contributed by atoms with Crippen molar-refractivity contribution < 1.29 is 20.4 Å². The third kappa shape index (κ3) is 3.39. The van der Waals surface area contributed by atoms with Crippen LogP contribution >= 0.6 is 0 Å². The van der Waals surface area contributed by atoms with Gasteiger partial charge in [0.2, 0.25) is 0 Å². The molecule has 0 radical (unpaired) electrons. The first-order valence-electron chi connectivity index (χ1n) is 9.65. The second-order valence-corrected chi connectivity index (χ2v) is 7.98. The van der Waals surface area contributed by atoms with Crippen molar-refractivity contribution in [3.63, 3.8) is 0 Å². The van der Waals surface area contributed by atoms with Crippen LogP contribution in [0.25, 0.3) is 0 Å². The summed E-state index contributed by atoms with van der Waals surface area (Å²) in [7, 11) is 0. The van der Waals surface area contributed by atoms with Crippen LogP contribution in [0.4, 0.5) is 0 Å². The highest BCUT2D eigenvalue weighted by molar-refractivity contribution is 5.63. The van der Waals surface area contributed by atoms with Crippen molar-refractivity contribution in [3.05, 3.63) is 80.4 Å². The normalized spacial score (nSPS) is 11.3. The molecular weight excluding hydrogens is 364 g/mol. The standard InChI is InChI=1S/C25H28O4/c1-12-9-14(3)21(24(28)16(12)5)23(18-7-8-19(26)20(27)11-18)22-15(4)10-13(2)17(6)25(22)29/h7-11,23,26-29H,1-6H3. The zero-order valence-electron chi connectivity index (χ0n) is 17.8. The van der Waals surface area contributed by atoms with Crippen molar-refractivity contribution in [2.75, 3.05) is 0 Å². The summed E-state index contributed by atoms with van der Waals surface area (Å²) in [6.45, 7) is 11.5. The topological polar surface area (TPSA) is 80.9 Å². The molecule has 4 heteroatoms. The van der Waals surface area contributed by atoms with Crippen molar-refractivity contribution in [3.8, 4) is 23.0 Å². The van der Waals surface area contributed by atoms with E-state index in [4.69, 9.17) is 0 Å². The fourth-order valence-electron chi connectivity index (χ4n) is 4.10. The van der Waals surface area contributed by atoms with E-state index in [-0.39, 0.29) is 23.0 Å². The van der Waals surface area contributed by atoms with Gasteiger partial charge >= 0.3 is 0 Å². The molecule has 0 bridgehead atoms. The van der Waals surface area contributed by atoms with E-state index >= 15 is 0 Å². The van der Waals surface area contributed by atoms with Crippen LogP contribution in [0.5, 0.6) is 23.0 Å². The molecule has 0 saturated carbocycles. The molecule has 0 aliphatic carbocycles. The van der Waals surface area contributed by atoms with Gasteiger partial charge in [-0.15, -0.1) is 0 Å². The Morgan fingerprint density at radius 1 is 0.552 bits per heavy atom. The third-order valence-electron chi connectivity index (χ3n) is 6.03. The van der Waals surface area contributed by atoms with Gasteiger partial charge in [-0.05, 0) is 92.6 Å². The molecule has 152 valence electrons. The Labute approximate surface area is 171 Å². The van der Waals surface area contributed by atoms with Gasteiger partial charge in [-0.3, -0.25) is 0 Å². The van der Waals surface area contributed by atoms with Gasteiger partial charge in [0.1, 0.15) is 11.5 Å². The molecule has 0 unspecified atom stereocenters. The Bertz CT molecular complexity index is 1050. The number of phenolic OH excluding ortho intramolecular Hbond substituents is 4. The van der Waals surface area contributed by atoms with Gasteiger partial charge in [0, 0.05) is 17.0 Å². The van der Waals surface area contributed by atoms with Gasteiger partial charge in [-0.25, -0.2) is 0 Å². The van der Waals surface area contributed by atoms with Crippen LogP contribution in [0, 0.1) is 41.5 Å². The second-order valence-electron chi connectivity index (χ2n) is 7.98. The number of rotatable bonds is 3. The fraction of sp³-hybridized carbons (Fsp3) is 0.280. The molecule has 0 fully saturated rings. The molecule has 29 heavy (non-hydrogen) atoms. The van der Waals surface area contributed by atoms with Crippen molar-refractivity contribution in [2.45, 2.75) is 47.5 Å². The van der Waals surface area contributed by atoms with Crippen LogP contribution in [0.1, 0.15) is 56.0 Å². The van der Waals surface area contributed by atoms with Gasteiger partial charge in [0.05, 0.1) is 0 Å². The van der Waals surface area contributed by atoms with Crippen molar-refractivity contribution in [2.24, 2.45) is 0 Å². The average Bonchev–Trinajstić information content (AvgIpc) is 2.65. The van der Waals surface area contributed by atoms with Crippen molar-refractivity contribution in [1.82, 2.24) is 0 Å². The molecule has 0 amide bonds. The lowest BCUT2D eigenvalue weighted by Gasteiger charge is -2.27. The molecule has 0 heterocycles. The largest absolute Gasteiger partial charge is 0.507 e. The Hall–Kier alpha value is -3.14. The highest BCUT2D eigenvalue weighted by Gasteiger charge is 2.29. The second kappa shape index (κ2) is 7.36. The predicted molar refractivity (Wildman–Crippen MR) is 115 cm³/mol. The Morgan fingerprint density at radius 3 is 1.41 bits per heavy atom. The minimum absolute atomic E-state index is 0.178. The van der Waals surface area contributed by atoms with Gasteiger partial charge in [0.15, 0.2) is 11.5 Å². The molecule has 4 nitrogen and oxygen atoms in total. The molecule has 0 aliphatic rings. The van der Waals surface area contributed by atoms with Gasteiger partial charge in [-0.2, -0.15) is 0 Å². The first-order chi connectivity index (χ1) is 13.5. The predicted octanol–water partition coefficient (Wildman–Crippen LogP) is 5.54. The molecule has 0 saturated heterocycles. The lowest BCUT2D eigenvalue weighted by molar-refractivity contribution is 0.403. The maximum absolute atomic E-state index is 11.1. The summed E-state index contributed by atoms with van der Waals surface area (Å²) < 4.78 is 0. The number of aryl methyl sites for hydroxylation is 4. The van der Waals surface area contributed by atoms with E-state index < -0.39 is 5.92 Å². The zero-order valence-corrected chi connectivity index (χ0v) is 17.8. The molecular formula is C25H28O4. The summed E-state index contributed by atoms with van der Waals surface area (Å²) in [4.78, 5) is 0. The van der Waals surface area contributed by atoms with Crippen LogP contribution in [-0.4, -0.2) is 20.4 Å². The highest BCUT2D eigenvalue weighted by atomic mass is 16.3. The van der Waals surface area contributed by atoms with Crippen molar-refractivity contribution in [1.29, 1.82) is 0 Å². The molecule has 0 spiro atoms. The van der Waals surface area contributed by atoms with E-state index in [0.29, 0.717) is 16.7 Å². The van der Waals surface area contributed by atoms with E-state index in [1.165, 1.54) is 12.1 Å². The summed E-state index contributed by atoms with van der Waals surface area (Å²) >= 11 is 0. The van der Waals surface area contributed by atoms with E-state index in [1.807, 2.05) is 53.7 Å². The molecule has 3 aromatic carbocycles. The molecule has 4 N–H and O–H groups in total. The minimum atomic E-state index is -0.514. The van der Waals surface area contributed by atoms with Gasteiger partial charge in [-0.1, -0.05) is 18.2 Å². The van der Waals surface area contributed by atoms with Crippen LogP contribution in [-0.2, 0) is 0 Å². The van der Waals surface area contributed by atoms with Crippen LogP contribution in [0.2, 0.25) is 0 Å². The summed E-state index contributed by atoms with van der Waals surface area (Å²) in [6, 6.07) is 8.67. The average molecular weight is 392 g/mol. The van der Waals surface area contributed by atoms with E-state index in [9.17, 15) is 20.4 Å². The molecule has 0 atom stereocenters. The number of hydrogen-bond acceptors (Lipinski definition) is 4. The number of phenols is 4. The fourth-order valence-corrected chi connectivity index (χ4v) is 4.10. The van der Waals surface area contributed by atoms with Crippen molar-refractivity contribution >= 4 is 0 Å². The third-order valence-corrected chi connectivity index (χ3v) is 6.03. The van der Waals surface area contributed by atoms with Crippen LogP contribution in [0.15, 0.2) is 30.3 Å². The lowest BCUT2D eigenvalue weighted by Crippen LogP contribution is -2.10. The molecule has 3 aromatic rings. The number of hydrogen-bond donors (Lipinski definition) is 4. The van der Waals surface area contributed by atoms with E-state index in [2.05, 4.69) is 0 Å². The maximum atomic E-state index is 11.1. The molecule has 3 rings (SSSR count). The SMILES string of the molecule is Cc1cc(C)c(C(c2ccc(O)c(O)c2)c2c(C)cc(C)c(C)c2O)c(O)c1C. The number of benzene rings is 3. The first kappa shape index (κ1) is 20.6. The molecule has 0 aliphatic heterocycles. The highest BCUT2D eigenvalue weighted by Crippen LogP contribution is 2.47. The zero-order chi connectivity index (χ0) is 21.6. The van der Waals surface area contributed by atoms with Crippen LogP contribution < -0.4 is 0 Å². The Kier molecular flexibility index (Phi) is 5.22. The van der Waals surface area contributed by atoms with Crippen LogP contribution in [0.3, 0.4) is 0 Å². The summed E-state index contributed by atoms with van der Waals surface area (Å²) in [6.07, 6.45) is 0. The van der Waals surface area contributed by atoms with Gasteiger partial charge in [0.25, 0.3) is 0 Å². The van der Waals surface area contributed by atoms with E-state index in [0.717, 1.165) is 33.4 Å². The Morgan fingerprint density at radius 2 is 1.00 bits per heavy atom. The molecule has 0 aromatic heterocycles. The monoisotopic (exact) mass is 392 g/mol. The number of aromatic hydroxyl groups is 4. The quantitative estimate of drug-likeness (QED) is 0.348. The smallest absolute Gasteiger partial charge is 0.157 e. The maximum Gasteiger partial charge on any atom is 0.157 e. The lowest BCUT2D eigenvalue weighted by atomic mass is 9.78. The minimum Gasteiger partial charge on any atom is -0.507 e. The summed E-state index contributed by atoms with van der Waals surface area (Å²) in [5.74, 6) is -0.613. The summed E-state index contributed by atoms with van der Waals surface area (Å²) in [5, 5.41) is 42.1. The summed E-state index contributed by atoms with van der Waals surface area (Å²) in [5.41, 5.74) is 7.33. The Balaban J connectivity index is 2.45.